The zero-order valence-corrected chi connectivity index (χ0v) is 18.3. The van der Waals surface area contributed by atoms with Gasteiger partial charge in [-0.25, -0.2) is 4.99 Å². The average Bonchev–Trinajstić information content (AvgIpc) is 3.28. The number of methoxy groups -OCH3 is 1. The molecule has 0 atom stereocenters. The summed E-state index contributed by atoms with van der Waals surface area (Å²) in [6.45, 7) is 0. The third-order valence-electron chi connectivity index (χ3n) is 5.50. The molecular weight excluding hydrogens is 406 g/mol. The molecule has 0 bridgehead atoms. The Hall–Kier alpha value is -4.37. The highest BCUT2D eigenvalue weighted by Crippen LogP contribution is 2.48. The third-order valence-corrected chi connectivity index (χ3v) is 5.50. The molecule has 5 rings (SSSR count). The maximum Gasteiger partial charge on any atom is 0.227 e. The van der Waals surface area contributed by atoms with Gasteiger partial charge in [0.05, 0.1) is 12.7 Å². The van der Waals surface area contributed by atoms with Crippen molar-refractivity contribution in [1.29, 1.82) is 0 Å². The highest BCUT2D eigenvalue weighted by atomic mass is 16.5. The van der Waals surface area contributed by atoms with Gasteiger partial charge in [-0.1, -0.05) is 103 Å². The van der Waals surface area contributed by atoms with Crippen LogP contribution in [0.5, 0.6) is 5.75 Å². The quantitative estimate of drug-likeness (QED) is 0.256. The minimum Gasteiger partial charge on any atom is -0.497 e. The average molecular weight is 430 g/mol. The second-order valence-corrected chi connectivity index (χ2v) is 7.62. The van der Waals surface area contributed by atoms with Gasteiger partial charge in [0.15, 0.2) is 0 Å². The molecule has 0 fully saturated rings. The lowest BCUT2D eigenvalue weighted by molar-refractivity contribution is 0.415. The Morgan fingerprint density at radius 2 is 1.15 bits per heavy atom. The van der Waals surface area contributed by atoms with Crippen molar-refractivity contribution in [1.82, 2.24) is 0 Å². The standard InChI is InChI=1S/C30H23NO2/c1-32-26-19-17-24(18-20-26)27-28(23-13-7-3-8-14-23)30(31-21-22-11-5-2-6-12-22)33-29(27)25-15-9-4-10-16-25/h2-21H,1H3/b31-21+. The van der Waals surface area contributed by atoms with Crippen molar-refractivity contribution >= 4 is 12.1 Å². The molecule has 0 N–H and O–H groups in total. The summed E-state index contributed by atoms with van der Waals surface area (Å²) < 4.78 is 11.9. The second kappa shape index (κ2) is 9.41. The molecule has 3 nitrogen and oxygen atoms in total. The van der Waals surface area contributed by atoms with Crippen LogP contribution in [0.25, 0.3) is 33.6 Å². The second-order valence-electron chi connectivity index (χ2n) is 7.62. The minimum atomic E-state index is 0.578. The largest absolute Gasteiger partial charge is 0.497 e. The van der Waals surface area contributed by atoms with Gasteiger partial charge in [0.25, 0.3) is 0 Å². The summed E-state index contributed by atoms with van der Waals surface area (Å²) in [5.41, 5.74) is 6.08. The van der Waals surface area contributed by atoms with Crippen LogP contribution < -0.4 is 4.74 Å². The Bertz CT molecular complexity index is 1350. The molecular formula is C30H23NO2. The maximum atomic E-state index is 6.49. The van der Waals surface area contributed by atoms with Crippen LogP contribution in [-0.2, 0) is 0 Å². The summed E-state index contributed by atoms with van der Waals surface area (Å²) in [6.07, 6.45) is 1.85. The van der Waals surface area contributed by atoms with Crippen LogP contribution in [0.15, 0.2) is 125 Å². The van der Waals surface area contributed by atoms with Crippen molar-refractivity contribution in [3.63, 3.8) is 0 Å². The first-order chi connectivity index (χ1) is 16.3. The summed E-state index contributed by atoms with van der Waals surface area (Å²) in [5.74, 6) is 2.18. The minimum absolute atomic E-state index is 0.578. The summed E-state index contributed by atoms with van der Waals surface area (Å²) in [4.78, 5) is 4.80. The Morgan fingerprint density at radius 1 is 0.606 bits per heavy atom. The number of rotatable bonds is 6. The van der Waals surface area contributed by atoms with E-state index in [0.717, 1.165) is 44.9 Å². The van der Waals surface area contributed by atoms with Crippen molar-refractivity contribution in [3.8, 4) is 39.3 Å². The fourth-order valence-electron chi connectivity index (χ4n) is 3.88. The molecule has 0 aliphatic rings. The summed E-state index contributed by atoms with van der Waals surface area (Å²) >= 11 is 0. The van der Waals surface area contributed by atoms with Gasteiger partial charge < -0.3 is 9.15 Å². The smallest absolute Gasteiger partial charge is 0.227 e. The zero-order chi connectivity index (χ0) is 22.5. The molecule has 0 spiro atoms. The van der Waals surface area contributed by atoms with E-state index in [1.807, 2.05) is 85.1 Å². The molecule has 33 heavy (non-hydrogen) atoms. The lowest BCUT2D eigenvalue weighted by atomic mass is 9.94. The van der Waals surface area contributed by atoms with Crippen LogP contribution in [0.1, 0.15) is 5.56 Å². The van der Waals surface area contributed by atoms with E-state index in [4.69, 9.17) is 14.1 Å². The number of benzene rings is 4. The van der Waals surface area contributed by atoms with Crippen molar-refractivity contribution in [2.24, 2.45) is 4.99 Å². The van der Waals surface area contributed by atoms with Gasteiger partial charge in [0, 0.05) is 17.3 Å². The van der Waals surface area contributed by atoms with E-state index >= 15 is 0 Å². The van der Waals surface area contributed by atoms with E-state index < -0.39 is 0 Å². The number of nitrogens with zero attached hydrogens (tertiary/aromatic N) is 1. The number of aliphatic imine (C=N–C) groups is 1. The Kier molecular flexibility index (Phi) is 5.85. The maximum absolute atomic E-state index is 6.49. The molecule has 0 saturated carbocycles. The van der Waals surface area contributed by atoms with Gasteiger partial charge in [0.2, 0.25) is 5.88 Å². The van der Waals surface area contributed by atoms with Crippen molar-refractivity contribution < 1.29 is 9.15 Å². The molecule has 4 aromatic carbocycles. The monoisotopic (exact) mass is 429 g/mol. The van der Waals surface area contributed by atoms with E-state index in [1.54, 1.807) is 7.11 Å². The topological polar surface area (TPSA) is 34.7 Å². The van der Waals surface area contributed by atoms with Gasteiger partial charge >= 0.3 is 0 Å². The SMILES string of the molecule is COc1ccc(-c2c(-c3ccccc3)oc(/N=C/c3ccccc3)c2-c2ccccc2)cc1. The predicted octanol–water partition coefficient (Wildman–Crippen LogP) is 8.04. The van der Waals surface area contributed by atoms with Crippen molar-refractivity contribution in [3.05, 3.63) is 121 Å². The first kappa shape index (κ1) is 20.5. The number of hydrogen-bond donors (Lipinski definition) is 0. The van der Waals surface area contributed by atoms with Crippen LogP contribution in [0.4, 0.5) is 5.88 Å². The first-order valence-electron chi connectivity index (χ1n) is 10.8. The van der Waals surface area contributed by atoms with Gasteiger partial charge in [-0.05, 0) is 28.8 Å². The van der Waals surface area contributed by atoms with Crippen molar-refractivity contribution in [2.45, 2.75) is 0 Å². The van der Waals surface area contributed by atoms with Crippen LogP contribution >= 0.6 is 0 Å². The van der Waals surface area contributed by atoms with E-state index in [0.29, 0.717) is 5.88 Å². The Labute approximate surface area is 193 Å². The lowest BCUT2D eigenvalue weighted by Gasteiger charge is -2.08. The summed E-state index contributed by atoms with van der Waals surface area (Å²) in [6, 6.07) is 38.5. The Morgan fingerprint density at radius 3 is 1.76 bits per heavy atom. The number of furan rings is 1. The van der Waals surface area contributed by atoms with Gasteiger partial charge in [0.1, 0.15) is 11.5 Å². The van der Waals surface area contributed by atoms with Gasteiger partial charge in [-0.15, -0.1) is 0 Å². The molecule has 0 amide bonds. The molecule has 0 unspecified atom stereocenters. The lowest BCUT2D eigenvalue weighted by Crippen LogP contribution is -1.86. The fraction of sp³-hybridized carbons (Fsp3) is 0.0333. The molecule has 0 radical (unpaired) electrons. The number of hydrogen-bond acceptors (Lipinski definition) is 3. The number of ether oxygens (including phenoxy) is 1. The van der Waals surface area contributed by atoms with Crippen molar-refractivity contribution in [2.75, 3.05) is 7.11 Å². The predicted molar refractivity (Wildman–Crippen MR) is 135 cm³/mol. The molecule has 0 aliphatic heterocycles. The van der Waals surface area contributed by atoms with E-state index in [9.17, 15) is 0 Å². The third kappa shape index (κ3) is 4.35. The highest BCUT2D eigenvalue weighted by molar-refractivity contribution is 5.98. The molecule has 3 heteroatoms. The fourth-order valence-corrected chi connectivity index (χ4v) is 3.88. The normalized spacial score (nSPS) is 11.1. The van der Waals surface area contributed by atoms with Crippen LogP contribution in [0.3, 0.4) is 0 Å². The van der Waals surface area contributed by atoms with Crippen LogP contribution in [0, 0.1) is 0 Å². The van der Waals surface area contributed by atoms with Crippen LogP contribution in [-0.4, -0.2) is 13.3 Å². The molecule has 0 saturated heterocycles. The van der Waals surface area contributed by atoms with E-state index in [2.05, 4.69) is 36.4 Å². The Balaban J connectivity index is 1.77. The highest BCUT2D eigenvalue weighted by Gasteiger charge is 2.24. The zero-order valence-electron chi connectivity index (χ0n) is 18.3. The van der Waals surface area contributed by atoms with Gasteiger partial charge in [-0.2, -0.15) is 0 Å². The first-order valence-corrected chi connectivity index (χ1v) is 10.8. The van der Waals surface area contributed by atoms with Crippen LogP contribution in [0.2, 0.25) is 0 Å². The molecule has 0 aliphatic carbocycles. The molecule has 160 valence electrons. The summed E-state index contributed by atoms with van der Waals surface area (Å²) in [5, 5.41) is 0. The van der Waals surface area contributed by atoms with E-state index in [-0.39, 0.29) is 0 Å². The molecule has 5 aromatic rings. The van der Waals surface area contributed by atoms with E-state index in [1.165, 1.54) is 0 Å². The molecule has 1 aromatic heterocycles. The summed E-state index contributed by atoms with van der Waals surface area (Å²) in [7, 11) is 1.67. The molecule has 1 heterocycles. The van der Waals surface area contributed by atoms with Gasteiger partial charge in [-0.3, -0.25) is 0 Å².